The van der Waals surface area contributed by atoms with Gasteiger partial charge < -0.3 is 18.9 Å². The molecule has 0 bridgehead atoms. The quantitative estimate of drug-likeness (QED) is 0.838. The molecule has 0 atom stereocenters. The van der Waals surface area contributed by atoms with Gasteiger partial charge in [0.05, 0.1) is 28.4 Å². The van der Waals surface area contributed by atoms with Crippen molar-refractivity contribution in [1.82, 2.24) is 0 Å². The van der Waals surface area contributed by atoms with E-state index in [1.807, 2.05) is 24.3 Å². The SMILES string of the molecule is COc1[c]cc(OC)c(-c2ccc(OC)cc2OC)c1. The minimum atomic E-state index is 0.638. The molecular formula is C16H17O4. The molecule has 0 fully saturated rings. The van der Waals surface area contributed by atoms with Gasteiger partial charge in [-0.15, -0.1) is 0 Å². The minimum Gasteiger partial charge on any atom is -0.497 e. The molecule has 20 heavy (non-hydrogen) atoms. The number of benzene rings is 2. The van der Waals surface area contributed by atoms with Crippen molar-refractivity contribution in [2.45, 2.75) is 0 Å². The summed E-state index contributed by atoms with van der Waals surface area (Å²) in [5, 5.41) is 0. The molecule has 2 aromatic rings. The summed E-state index contributed by atoms with van der Waals surface area (Å²) in [5.74, 6) is 2.78. The van der Waals surface area contributed by atoms with Gasteiger partial charge in [0.25, 0.3) is 0 Å². The molecular weight excluding hydrogens is 256 g/mol. The van der Waals surface area contributed by atoms with Gasteiger partial charge in [0, 0.05) is 23.3 Å². The Morgan fingerprint density at radius 1 is 0.750 bits per heavy atom. The molecule has 0 amide bonds. The summed E-state index contributed by atoms with van der Waals surface area (Å²) in [5.41, 5.74) is 1.78. The normalized spacial score (nSPS) is 10.0. The topological polar surface area (TPSA) is 36.9 Å². The Morgan fingerprint density at radius 3 is 2.10 bits per heavy atom. The van der Waals surface area contributed by atoms with Crippen LogP contribution in [0, 0.1) is 6.07 Å². The Balaban J connectivity index is 2.60. The number of hydrogen-bond acceptors (Lipinski definition) is 4. The summed E-state index contributed by atoms with van der Waals surface area (Å²) in [7, 11) is 6.47. The molecule has 0 spiro atoms. The Hall–Kier alpha value is -2.36. The van der Waals surface area contributed by atoms with Crippen molar-refractivity contribution in [3.05, 3.63) is 36.4 Å². The minimum absolute atomic E-state index is 0.638. The van der Waals surface area contributed by atoms with Crippen LogP contribution in [0.3, 0.4) is 0 Å². The molecule has 2 aromatic carbocycles. The first-order valence-electron chi connectivity index (χ1n) is 6.09. The highest BCUT2D eigenvalue weighted by Crippen LogP contribution is 2.39. The van der Waals surface area contributed by atoms with E-state index in [0.29, 0.717) is 17.2 Å². The fraction of sp³-hybridized carbons (Fsp3) is 0.250. The molecule has 0 saturated heterocycles. The highest BCUT2D eigenvalue weighted by molar-refractivity contribution is 5.77. The summed E-state index contributed by atoms with van der Waals surface area (Å²) < 4.78 is 21.2. The lowest BCUT2D eigenvalue weighted by Crippen LogP contribution is -1.94. The van der Waals surface area contributed by atoms with E-state index in [2.05, 4.69) is 6.07 Å². The van der Waals surface area contributed by atoms with E-state index in [1.165, 1.54) is 0 Å². The van der Waals surface area contributed by atoms with Gasteiger partial charge in [0.2, 0.25) is 0 Å². The zero-order chi connectivity index (χ0) is 14.5. The molecule has 0 aliphatic rings. The molecule has 2 rings (SSSR count). The molecule has 0 N–H and O–H groups in total. The average molecular weight is 273 g/mol. The average Bonchev–Trinajstić information content (AvgIpc) is 2.53. The van der Waals surface area contributed by atoms with Gasteiger partial charge in [-0.05, 0) is 24.3 Å². The van der Waals surface area contributed by atoms with Gasteiger partial charge in [0.1, 0.15) is 23.0 Å². The van der Waals surface area contributed by atoms with Crippen molar-refractivity contribution in [2.24, 2.45) is 0 Å². The zero-order valence-electron chi connectivity index (χ0n) is 12.0. The van der Waals surface area contributed by atoms with E-state index in [0.717, 1.165) is 16.9 Å². The van der Waals surface area contributed by atoms with E-state index < -0.39 is 0 Å². The molecule has 4 heteroatoms. The van der Waals surface area contributed by atoms with Crippen LogP contribution >= 0.6 is 0 Å². The number of ether oxygens (including phenoxy) is 4. The van der Waals surface area contributed by atoms with Gasteiger partial charge >= 0.3 is 0 Å². The lowest BCUT2D eigenvalue weighted by atomic mass is 10.0. The number of methoxy groups -OCH3 is 4. The Morgan fingerprint density at radius 2 is 1.50 bits per heavy atom. The van der Waals surface area contributed by atoms with Crippen molar-refractivity contribution in [1.29, 1.82) is 0 Å². The van der Waals surface area contributed by atoms with E-state index in [9.17, 15) is 0 Å². The van der Waals surface area contributed by atoms with Crippen LogP contribution in [-0.2, 0) is 0 Å². The zero-order valence-corrected chi connectivity index (χ0v) is 12.0. The highest BCUT2D eigenvalue weighted by atomic mass is 16.5. The summed E-state index contributed by atoms with van der Waals surface area (Å²) >= 11 is 0. The third kappa shape index (κ3) is 2.64. The third-order valence-electron chi connectivity index (χ3n) is 3.03. The van der Waals surface area contributed by atoms with Gasteiger partial charge in [0.15, 0.2) is 0 Å². The fourth-order valence-corrected chi connectivity index (χ4v) is 1.98. The summed E-state index contributed by atoms with van der Waals surface area (Å²) in [6.45, 7) is 0. The van der Waals surface area contributed by atoms with Crippen molar-refractivity contribution < 1.29 is 18.9 Å². The standard InChI is InChI=1S/C16H17O4/c1-17-11-6-8-15(19-3)14(9-11)13-7-5-12(18-2)10-16(13)20-4/h5,7-10H,1-4H3. The van der Waals surface area contributed by atoms with Crippen LogP contribution in [0.25, 0.3) is 11.1 Å². The largest absolute Gasteiger partial charge is 0.497 e. The Kier molecular flexibility index (Phi) is 4.35. The van der Waals surface area contributed by atoms with Gasteiger partial charge in [-0.2, -0.15) is 0 Å². The van der Waals surface area contributed by atoms with Crippen LogP contribution in [0.2, 0.25) is 0 Å². The van der Waals surface area contributed by atoms with E-state index >= 15 is 0 Å². The fourth-order valence-electron chi connectivity index (χ4n) is 1.98. The van der Waals surface area contributed by atoms with Crippen molar-refractivity contribution in [2.75, 3.05) is 28.4 Å². The van der Waals surface area contributed by atoms with E-state index in [1.54, 1.807) is 34.5 Å². The van der Waals surface area contributed by atoms with Crippen molar-refractivity contribution in [3.63, 3.8) is 0 Å². The molecule has 0 aliphatic carbocycles. The predicted molar refractivity (Wildman–Crippen MR) is 76.9 cm³/mol. The van der Waals surface area contributed by atoms with Gasteiger partial charge in [-0.25, -0.2) is 0 Å². The van der Waals surface area contributed by atoms with Crippen LogP contribution in [0.15, 0.2) is 30.3 Å². The van der Waals surface area contributed by atoms with Crippen molar-refractivity contribution >= 4 is 0 Å². The Labute approximate surface area is 118 Å². The molecule has 0 unspecified atom stereocenters. The van der Waals surface area contributed by atoms with Crippen LogP contribution in [-0.4, -0.2) is 28.4 Å². The maximum atomic E-state index is 5.43. The number of hydrogen-bond donors (Lipinski definition) is 0. The summed E-state index contributed by atoms with van der Waals surface area (Å²) in [6, 6.07) is 12.2. The van der Waals surface area contributed by atoms with Gasteiger partial charge in [-0.1, -0.05) is 0 Å². The van der Waals surface area contributed by atoms with Crippen LogP contribution < -0.4 is 18.9 Å². The molecule has 105 valence electrons. The second-order valence-corrected chi connectivity index (χ2v) is 4.05. The van der Waals surface area contributed by atoms with Crippen LogP contribution in [0.5, 0.6) is 23.0 Å². The Bertz CT molecular complexity index is 593. The van der Waals surface area contributed by atoms with E-state index in [-0.39, 0.29) is 0 Å². The lowest BCUT2D eigenvalue weighted by molar-refractivity contribution is 0.393. The maximum Gasteiger partial charge on any atom is 0.130 e. The molecule has 0 heterocycles. The monoisotopic (exact) mass is 273 g/mol. The molecule has 0 aromatic heterocycles. The molecule has 4 nitrogen and oxygen atoms in total. The summed E-state index contributed by atoms with van der Waals surface area (Å²) in [6.07, 6.45) is 0. The smallest absolute Gasteiger partial charge is 0.130 e. The van der Waals surface area contributed by atoms with E-state index in [4.69, 9.17) is 18.9 Å². The summed E-state index contributed by atoms with van der Waals surface area (Å²) in [4.78, 5) is 0. The number of rotatable bonds is 5. The first kappa shape index (κ1) is 14.1. The van der Waals surface area contributed by atoms with Gasteiger partial charge in [-0.3, -0.25) is 0 Å². The van der Waals surface area contributed by atoms with Crippen molar-refractivity contribution in [3.8, 4) is 34.1 Å². The second kappa shape index (κ2) is 6.19. The third-order valence-corrected chi connectivity index (χ3v) is 3.03. The first-order chi connectivity index (χ1) is 9.73. The molecule has 0 saturated carbocycles. The molecule has 1 radical (unpaired) electrons. The highest BCUT2D eigenvalue weighted by Gasteiger charge is 2.13. The van der Waals surface area contributed by atoms with Crippen LogP contribution in [0.1, 0.15) is 0 Å². The lowest BCUT2D eigenvalue weighted by Gasteiger charge is -2.14. The predicted octanol–water partition coefficient (Wildman–Crippen LogP) is 3.19. The van der Waals surface area contributed by atoms with Crippen LogP contribution in [0.4, 0.5) is 0 Å². The first-order valence-corrected chi connectivity index (χ1v) is 6.09. The molecule has 0 aliphatic heterocycles. The maximum absolute atomic E-state index is 5.43. The second-order valence-electron chi connectivity index (χ2n) is 4.05.